The van der Waals surface area contributed by atoms with Crippen LogP contribution in [-0.2, 0) is 0 Å². The Bertz CT molecular complexity index is 991. The van der Waals surface area contributed by atoms with Gasteiger partial charge in [-0.2, -0.15) is 0 Å². The zero-order valence-corrected chi connectivity index (χ0v) is 14.6. The number of carbonyl (C=O) groups is 1. The summed E-state index contributed by atoms with van der Waals surface area (Å²) in [7, 11) is 0. The first-order chi connectivity index (χ1) is 11.7. The van der Waals surface area contributed by atoms with Gasteiger partial charge in [0.05, 0.1) is 19.4 Å². The van der Waals surface area contributed by atoms with Crippen molar-refractivity contribution >= 4 is 56.2 Å². The minimum Gasteiger partial charge on any atom is -0.306 e. The van der Waals surface area contributed by atoms with E-state index in [1.807, 2.05) is 30.3 Å². The second kappa shape index (κ2) is 6.32. The van der Waals surface area contributed by atoms with Gasteiger partial charge in [0.15, 0.2) is 0 Å². The Morgan fingerprint density at radius 2 is 1.92 bits per heavy atom. The van der Waals surface area contributed by atoms with Crippen molar-refractivity contribution in [1.82, 2.24) is 9.97 Å². The van der Waals surface area contributed by atoms with Gasteiger partial charge in [0, 0.05) is 11.8 Å². The number of aromatic nitrogens is 2. The predicted molar refractivity (Wildman–Crippen MR) is 100 cm³/mol. The lowest BCUT2D eigenvalue weighted by molar-refractivity contribution is 0.103. The summed E-state index contributed by atoms with van der Waals surface area (Å²) in [5, 5.41) is 3.67. The van der Waals surface area contributed by atoms with Crippen LogP contribution < -0.4 is 5.32 Å². The SMILES string of the molecule is O=C(Nc1ccc(-c2nc3ccccc3s2)cn1)c1ccc(Cl)s1. The van der Waals surface area contributed by atoms with Gasteiger partial charge in [-0.1, -0.05) is 23.7 Å². The molecule has 0 radical (unpaired) electrons. The van der Waals surface area contributed by atoms with Crippen molar-refractivity contribution in [1.29, 1.82) is 0 Å². The lowest BCUT2D eigenvalue weighted by Crippen LogP contribution is -2.11. The molecule has 0 saturated heterocycles. The Hall–Kier alpha value is -2.28. The highest BCUT2D eigenvalue weighted by Crippen LogP contribution is 2.30. The average Bonchev–Trinajstić information content (AvgIpc) is 3.21. The van der Waals surface area contributed by atoms with E-state index >= 15 is 0 Å². The molecule has 0 fully saturated rings. The molecule has 3 heterocycles. The molecule has 4 rings (SSSR count). The number of fused-ring (bicyclic) bond motifs is 1. The number of nitrogens with one attached hydrogen (secondary N) is 1. The number of amides is 1. The third-order valence-corrected chi connectivity index (χ3v) is 5.66. The van der Waals surface area contributed by atoms with Crippen molar-refractivity contribution in [3.8, 4) is 10.6 Å². The molecular formula is C17H10ClN3OS2. The van der Waals surface area contributed by atoms with E-state index in [-0.39, 0.29) is 5.91 Å². The molecule has 0 aliphatic carbocycles. The molecule has 3 aromatic heterocycles. The lowest BCUT2D eigenvalue weighted by Gasteiger charge is -2.03. The Labute approximate surface area is 150 Å². The van der Waals surface area contributed by atoms with Gasteiger partial charge in [-0.15, -0.1) is 22.7 Å². The summed E-state index contributed by atoms with van der Waals surface area (Å²) < 4.78 is 1.72. The van der Waals surface area contributed by atoms with E-state index < -0.39 is 0 Å². The molecule has 0 unspecified atom stereocenters. The number of nitrogens with zero attached hydrogens (tertiary/aromatic N) is 2. The smallest absolute Gasteiger partial charge is 0.266 e. The second-order valence-corrected chi connectivity index (χ2v) is 7.72. The first kappa shape index (κ1) is 15.3. The molecule has 4 aromatic rings. The highest BCUT2D eigenvalue weighted by Gasteiger charge is 2.11. The minimum absolute atomic E-state index is 0.216. The molecule has 0 aliphatic rings. The first-order valence-electron chi connectivity index (χ1n) is 7.08. The van der Waals surface area contributed by atoms with Crippen LogP contribution in [0.15, 0.2) is 54.7 Å². The Morgan fingerprint density at radius 3 is 2.62 bits per heavy atom. The summed E-state index contributed by atoms with van der Waals surface area (Å²) in [6, 6.07) is 15.1. The van der Waals surface area contributed by atoms with E-state index in [4.69, 9.17) is 11.6 Å². The van der Waals surface area contributed by atoms with Crippen molar-refractivity contribution in [2.75, 3.05) is 5.32 Å². The van der Waals surface area contributed by atoms with Crippen LogP contribution in [-0.4, -0.2) is 15.9 Å². The van der Waals surface area contributed by atoms with Gasteiger partial charge < -0.3 is 5.32 Å². The number of pyridine rings is 1. The number of anilines is 1. The van der Waals surface area contributed by atoms with Crippen molar-refractivity contribution in [3.05, 3.63) is 63.9 Å². The van der Waals surface area contributed by atoms with Gasteiger partial charge in [0.1, 0.15) is 10.8 Å². The van der Waals surface area contributed by atoms with Gasteiger partial charge in [-0.25, -0.2) is 9.97 Å². The largest absolute Gasteiger partial charge is 0.306 e. The van der Waals surface area contributed by atoms with Crippen LogP contribution in [0.3, 0.4) is 0 Å². The standard InChI is InChI=1S/C17H10ClN3OS2/c18-14-7-6-13(23-14)16(22)21-15-8-5-10(9-19-15)17-20-11-3-1-2-4-12(11)24-17/h1-9H,(H,19,21,22). The molecule has 4 nitrogen and oxygen atoms in total. The highest BCUT2D eigenvalue weighted by atomic mass is 35.5. The number of thiazole rings is 1. The molecule has 0 atom stereocenters. The fourth-order valence-corrected chi connectivity index (χ4v) is 4.10. The monoisotopic (exact) mass is 371 g/mol. The van der Waals surface area contributed by atoms with Gasteiger partial charge in [0.2, 0.25) is 0 Å². The molecule has 0 aliphatic heterocycles. The molecular weight excluding hydrogens is 362 g/mol. The number of thiophene rings is 1. The molecule has 1 aromatic carbocycles. The number of rotatable bonds is 3. The number of hydrogen-bond acceptors (Lipinski definition) is 5. The average molecular weight is 372 g/mol. The fourth-order valence-electron chi connectivity index (χ4n) is 2.20. The van der Waals surface area contributed by atoms with E-state index in [0.717, 1.165) is 20.8 Å². The molecule has 0 saturated carbocycles. The number of halogens is 1. The Balaban J connectivity index is 1.55. The summed E-state index contributed by atoms with van der Waals surface area (Å²) in [6.45, 7) is 0. The van der Waals surface area contributed by atoms with Gasteiger partial charge in [0.25, 0.3) is 5.91 Å². The molecule has 0 spiro atoms. The molecule has 24 heavy (non-hydrogen) atoms. The molecule has 118 valence electrons. The maximum absolute atomic E-state index is 12.1. The number of para-hydroxylation sites is 1. The maximum Gasteiger partial charge on any atom is 0.266 e. The number of carbonyl (C=O) groups excluding carboxylic acids is 1. The lowest BCUT2D eigenvalue weighted by atomic mass is 10.3. The summed E-state index contributed by atoms with van der Waals surface area (Å²) in [5.74, 6) is 0.279. The Morgan fingerprint density at radius 1 is 1.04 bits per heavy atom. The van der Waals surface area contributed by atoms with Crippen LogP contribution in [0.1, 0.15) is 9.67 Å². The van der Waals surface area contributed by atoms with Gasteiger partial charge >= 0.3 is 0 Å². The normalized spacial score (nSPS) is 10.9. The van der Waals surface area contributed by atoms with Crippen LogP contribution in [0.2, 0.25) is 4.34 Å². The number of benzene rings is 1. The van der Waals surface area contributed by atoms with Gasteiger partial charge in [-0.3, -0.25) is 4.79 Å². The predicted octanol–water partition coefficient (Wildman–Crippen LogP) is 5.33. The third kappa shape index (κ3) is 3.03. The highest BCUT2D eigenvalue weighted by molar-refractivity contribution is 7.21. The summed E-state index contributed by atoms with van der Waals surface area (Å²) in [6.07, 6.45) is 1.72. The molecule has 7 heteroatoms. The topological polar surface area (TPSA) is 54.9 Å². The second-order valence-electron chi connectivity index (χ2n) is 4.98. The van der Waals surface area contributed by atoms with Crippen LogP contribution in [0.5, 0.6) is 0 Å². The Kier molecular flexibility index (Phi) is 4.02. The van der Waals surface area contributed by atoms with E-state index in [9.17, 15) is 4.79 Å². The summed E-state index contributed by atoms with van der Waals surface area (Å²) in [4.78, 5) is 21.5. The number of hydrogen-bond donors (Lipinski definition) is 1. The van der Waals surface area contributed by atoms with E-state index in [1.54, 1.807) is 35.7 Å². The van der Waals surface area contributed by atoms with Crippen molar-refractivity contribution in [3.63, 3.8) is 0 Å². The van der Waals surface area contributed by atoms with Crippen LogP contribution in [0.25, 0.3) is 20.8 Å². The molecule has 1 amide bonds. The fraction of sp³-hybridized carbons (Fsp3) is 0. The van der Waals surface area contributed by atoms with Gasteiger partial charge in [-0.05, 0) is 36.4 Å². The van der Waals surface area contributed by atoms with E-state index in [1.165, 1.54) is 11.3 Å². The van der Waals surface area contributed by atoms with Crippen LogP contribution in [0, 0.1) is 0 Å². The van der Waals surface area contributed by atoms with Crippen molar-refractivity contribution in [2.24, 2.45) is 0 Å². The quantitative estimate of drug-likeness (QED) is 0.529. The first-order valence-corrected chi connectivity index (χ1v) is 9.09. The van der Waals surface area contributed by atoms with Crippen LogP contribution >= 0.6 is 34.3 Å². The third-order valence-electron chi connectivity index (χ3n) is 3.34. The van der Waals surface area contributed by atoms with Crippen LogP contribution in [0.4, 0.5) is 5.82 Å². The summed E-state index contributed by atoms with van der Waals surface area (Å²) >= 11 is 8.70. The van der Waals surface area contributed by atoms with E-state index in [0.29, 0.717) is 15.0 Å². The minimum atomic E-state index is -0.216. The van der Waals surface area contributed by atoms with Crippen molar-refractivity contribution < 1.29 is 4.79 Å². The van der Waals surface area contributed by atoms with E-state index in [2.05, 4.69) is 15.3 Å². The molecule has 1 N–H and O–H groups in total. The zero-order chi connectivity index (χ0) is 16.5. The summed E-state index contributed by atoms with van der Waals surface area (Å²) in [5.41, 5.74) is 1.90. The van der Waals surface area contributed by atoms with Crippen molar-refractivity contribution in [2.45, 2.75) is 0 Å². The zero-order valence-electron chi connectivity index (χ0n) is 12.2. The maximum atomic E-state index is 12.1. The molecule has 0 bridgehead atoms.